The Bertz CT molecular complexity index is 756. The monoisotopic (exact) mass is 351 g/mol. The number of amides is 2. The molecule has 0 saturated carbocycles. The number of rotatable bonds is 6. The first-order valence-electron chi connectivity index (χ1n) is 7.16. The Morgan fingerprint density at radius 1 is 1.28 bits per heavy atom. The molecular weight excluding hydrogens is 336 g/mol. The van der Waals surface area contributed by atoms with Gasteiger partial charge in [0.1, 0.15) is 5.75 Å². The van der Waals surface area contributed by atoms with Gasteiger partial charge in [-0.1, -0.05) is 30.3 Å². The number of benzene rings is 2. The Kier molecular flexibility index (Phi) is 5.83. The summed E-state index contributed by atoms with van der Waals surface area (Å²) in [6, 6.07) is 11.5. The topological polar surface area (TPSA) is 84.7 Å². The number of carbonyl (C=O) groups excluding carboxylic acids is 1. The second-order valence-electron chi connectivity index (χ2n) is 5.09. The highest BCUT2D eigenvalue weighted by molar-refractivity contribution is 5.91. The summed E-state index contributed by atoms with van der Waals surface area (Å²) >= 11 is 0. The number of hydrogen-bond donors (Lipinski definition) is 1. The van der Waals surface area contributed by atoms with Crippen LogP contribution in [-0.4, -0.2) is 29.5 Å². The zero-order chi connectivity index (χ0) is 18.4. The minimum absolute atomic E-state index is 0.209. The van der Waals surface area contributed by atoms with Gasteiger partial charge in [-0.25, -0.2) is 4.79 Å². The van der Waals surface area contributed by atoms with Gasteiger partial charge in [-0.15, -0.1) is 0 Å². The van der Waals surface area contributed by atoms with Crippen LogP contribution in [0.1, 0.15) is 5.56 Å². The maximum Gasteiger partial charge on any atom is 0.387 e. The van der Waals surface area contributed by atoms with Crippen LogP contribution in [0.2, 0.25) is 0 Å². The molecule has 2 rings (SSSR count). The molecule has 25 heavy (non-hydrogen) atoms. The van der Waals surface area contributed by atoms with Crippen LogP contribution < -0.4 is 10.1 Å². The van der Waals surface area contributed by atoms with E-state index in [4.69, 9.17) is 0 Å². The van der Waals surface area contributed by atoms with E-state index in [1.54, 1.807) is 0 Å². The number of nitro benzene ring substituents is 1. The Labute approximate surface area is 142 Å². The summed E-state index contributed by atoms with van der Waals surface area (Å²) in [4.78, 5) is 23.7. The highest BCUT2D eigenvalue weighted by Crippen LogP contribution is 2.30. The van der Waals surface area contributed by atoms with Crippen molar-refractivity contribution in [3.63, 3.8) is 0 Å². The molecule has 0 radical (unpaired) electrons. The molecule has 0 heterocycles. The fourth-order valence-corrected chi connectivity index (χ4v) is 2.07. The molecule has 0 fully saturated rings. The van der Waals surface area contributed by atoms with Gasteiger partial charge in [-0.05, 0) is 11.6 Å². The molecule has 2 aromatic carbocycles. The summed E-state index contributed by atoms with van der Waals surface area (Å²) in [5.74, 6) is -0.359. The number of ether oxygens (including phenoxy) is 1. The molecule has 132 valence electrons. The van der Waals surface area contributed by atoms with Crippen LogP contribution in [0.15, 0.2) is 48.5 Å². The molecule has 1 N–H and O–H groups in total. The molecule has 0 bridgehead atoms. The molecule has 9 heteroatoms. The molecule has 0 aromatic heterocycles. The first-order valence-corrected chi connectivity index (χ1v) is 7.16. The summed E-state index contributed by atoms with van der Waals surface area (Å²) in [7, 11) is 1.51. The molecule has 0 aliphatic carbocycles. The van der Waals surface area contributed by atoms with Gasteiger partial charge in [0, 0.05) is 25.7 Å². The number of carbonyl (C=O) groups is 1. The summed E-state index contributed by atoms with van der Waals surface area (Å²) in [6.07, 6.45) is 0. The van der Waals surface area contributed by atoms with E-state index in [0.717, 1.165) is 23.8 Å². The standard InChI is InChI=1S/C16H15F2N3O4/c1-20(10-11-5-3-2-4-6-11)16(22)19-13-9-12(21(23)24)7-8-14(13)25-15(17)18/h2-9,15H,10H2,1H3,(H,19,22). The molecule has 0 aliphatic rings. The highest BCUT2D eigenvalue weighted by Gasteiger charge is 2.18. The number of non-ortho nitro benzene ring substituents is 1. The lowest BCUT2D eigenvalue weighted by Gasteiger charge is -2.19. The third-order valence-electron chi connectivity index (χ3n) is 3.24. The van der Waals surface area contributed by atoms with Gasteiger partial charge in [-0.3, -0.25) is 10.1 Å². The second kappa shape index (κ2) is 8.04. The molecule has 0 spiro atoms. The number of nitrogens with zero attached hydrogens (tertiary/aromatic N) is 2. The molecule has 0 atom stereocenters. The Morgan fingerprint density at radius 3 is 2.56 bits per heavy atom. The first kappa shape index (κ1) is 18.1. The predicted octanol–water partition coefficient (Wildman–Crippen LogP) is 3.86. The summed E-state index contributed by atoms with van der Waals surface area (Å²) < 4.78 is 29.2. The van der Waals surface area contributed by atoms with Crippen molar-refractivity contribution in [2.45, 2.75) is 13.2 Å². The van der Waals surface area contributed by atoms with E-state index in [2.05, 4.69) is 10.1 Å². The predicted molar refractivity (Wildman–Crippen MR) is 86.7 cm³/mol. The lowest BCUT2D eigenvalue weighted by atomic mass is 10.2. The quantitative estimate of drug-likeness (QED) is 0.633. The average molecular weight is 351 g/mol. The number of hydrogen-bond acceptors (Lipinski definition) is 4. The molecule has 0 aliphatic heterocycles. The van der Waals surface area contributed by atoms with Crippen molar-refractivity contribution >= 4 is 17.4 Å². The van der Waals surface area contributed by atoms with Crippen molar-refractivity contribution in [1.29, 1.82) is 0 Å². The summed E-state index contributed by atoms with van der Waals surface area (Å²) in [5.41, 5.74) is 0.297. The Balaban J connectivity index is 2.17. The van der Waals surface area contributed by atoms with Crippen molar-refractivity contribution in [1.82, 2.24) is 4.90 Å². The zero-order valence-corrected chi connectivity index (χ0v) is 13.2. The molecule has 0 unspecified atom stereocenters. The maximum atomic E-state index is 12.5. The largest absolute Gasteiger partial charge is 0.433 e. The number of alkyl halides is 2. The van der Waals surface area contributed by atoms with E-state index in [-0.39, 0.29) is 23.7 Å². The van der Waals surface area contributed by atoms with Gasteiger partial charge in [0.2, 0.25) is 0 Å². The SMILES string of the molecule is CN(Cc1ccccc1)C(=O)Nc1cc([N+](=O)[O-])ccc1OC(F)F. The van der Waals surface area contributed by atoms with Crippen LogP contribution >= 0.6 is 0 Å². The van der Waals surface area contributed by atoms with E-state index >= 15 is 0 Å². The molecule has 0 saturated heterocycles. The van der Waals surface area contributed by atoms with Crippen LogP contribution in [0.4, 0.5) is 25.0 Å². The Hall–Kier alpha value is -3.23. The maximum absolute atomic E-state index is 12.5. The zero-order valence-electron chi connectivity index (χ0n) is 13.2. The molecular formula is C16H15F2N3O4. The van der Waals surface area contributed by atoms with Crippen molar-refractivity contribution in [2.75, 3.05) is 12.4 Å². The third-order valence-corrected chi connectivity index (χ3v) is 3.24. The lowest BCUT2D eigenvalue weighted by molar-refractivity contribution is -0.384. The lowest BCUT2D eigenvalue weighted by Crippen LogP contribution is -2.31. The minimum Gasteiger partial charge on any atom is -0.433 e. The van der Waals surface area contributed by atoms with E-state index in [0.29, 0.717) is 0 Å². The second-order valence-corrected chi connectivity index (χ2v) is 5.09. The average Bonchev–Trinajstić information content (AvgIpc) is 2.56. The van der Waals surface area contributed by atoms with Crippen molar-refractivity contribution in [2.24, 2.45) is 0 Å². The number of nitro groups is 1. The smallest absolute Gasteiger partial charge is 0.387 e. The normalized spacial score (nSPS) is 10.4. The van der Waals surface area contributed by atoms with Crippen molar-refractivity contribution in [3.05, 3.63) is 64.2 Å². The van der Waals surface area contributed by atoms with Crippen LogP contribution in [0.5, 0.6) is 5.75 Å². The summed E-state index contributed by atoms with van der Waals surface area (Å²) in [5, 5.41) is 13.2. The number of halogens is 2. The van der Waals surface area contributed by atoms with Crippen LogP contribution in [-0.2, 0) is 6.54 Å². The van der Waals surface area contributed by atoms with Gasteiger partial charge in [0.25, 0.3) is 5.69 Å². The fourth-order valence-electron chi connectivity index (χ4n) is 2.07. The van der Waals surface area contributed by atoms with Crippen molar-refractivity contribution < 1.29 is 23.2 Å². The number of anilines is 1. The van der Waals surface area contributed by atoms with Crippen LogP contribution in [0, 0.1) is 10.1 Å². The van der Waals surface area contributed by atoms with Gasteiger partial charge in [0.05, 0.1) is 10.6 Å². The molecule has 2 amide bonds. The van der Waals surface area contributed by atoms with E-state index in [1.807, 2.05) is 30.3 Å². The van der Waals surface area contributed by atoms with Crippen LogP contribution in [0.3, 0.4) is 0 Å². The molecule has 2 aromatic rings. The highest BCUT2D eigenvalue weighted by atomic mass is 19.3. The first-order chi connectivity index (χ1) is 11.9. The van der Waals surface area contributed by atoms with E-state index < -0.39 is 17.6 Å². The van der Waals surface area contributed by atoms with Gasteiger partial charge >= 0.3 is 12.6 Å². The number of nitrogens with one attached hydrogen (secondary N) is 1. The minimum atomic E-state index is -3.13. The van der Waals surface area contributed by atoms with E-state index in [1.165, 1.54) is 11.9 Å². The van der Waals surface area contributed by atoms with Gasteiger partial charge in [0.15, 0.2) is 0 Å². The number of urea groups is 1. The van der Waals surface area contributed by atoms with Gasteiger partial charge in [-0.2, -0.15) is 8.78 Å². The Morgan fingerprint density at radius 2 is 1.96 bits per heavy atom. The fraction of sp³-hybridized carbons (Fsp3) is 0.188. The molecule has 7 nitrogen and oxygen atoms in total. The third kappa shape index (κ3) is 5.13. The summed E-state index contributed by atoms with van der Waals surface area (Å²) in [6.45, 7) is -2.86. The van der Waals surface area contributed by atoms with E-state index in [9.17, 15) is 23.7 Å². The van der Waals surface area contributed by atoms with Crippen LogP contribution in [0.25, 0.3) is 0 Å². The van der Waals surface area contributed by atoms with Gasteiger partial charge < -0.3 is 15.0 Å². The van der Waals surface area contributed by atoms with Crippen molar-refractivity contribution in [3.8, 4) is 5.75 Å².